The molecule has 0 saturated carbocycles. The van der Waals surface area contributed by atoms with Crippen LogP contribution in [0.25, 0.3) is 71.6 Å². The second-order valence-electron chi connectivity index (χ2n) is 11.9. The molecule has 2 nitrogen and oxygen atoms in total. The number of anilines is 2. The molecule has 2 aliphatic heterocycles. The molecule has 0 radical (unpaired) electrons. The number of hydrogen-bond donors (Lipinski definition) is 0. The Hall–Kier alpha value is -5.86. The van der Waals surface area contributed by atoms with Crippen LogP contribution in [0.4, 0.5) is 11.4 Å². The third-order valence-corrected chi connectivity index (χ3v) is 9.53. The Labute approximate surface area is 255 Å². The highest BCUT2D eigenvalue weighted by molar-refractivity contribution is 6.25. The number of fused-ring (bicyclic) bond motifs is 12. The van der Waals surface area contributed by atoms with Crippen LogP contribution >= 0.6 is 0 Å². The molecule has 0 bridgehead atoms. The van der Waals surface area contributed by atoms with Crippen molar-refractivity contribution in [2.24, 2.45) is 0 Å². The van der Waals surface area contributed by atoms with Crippen LogP contribution < -0.4 is 4.90 Å². The fourth-order valence-corrected chi connectivity index (χ4v) is 7.50. The molecule has 10 rings (SSSR count). The topological polar surface area (TPSA) is 7.65 Å². The summed E-state index contributed by atoms with van der Waals surface area (Å²) in [5.74, 6) is 0. The van der Waals surface area contributed by atoms with E-state index in [9.17, 15) is 0 Å². The SMILES string of the molecule is C=C1/C=C\C=C2\c3ccccc3N2c2ccc(-c3cc4c5ccccc5n5c6ccc(-c7ccccc7)cc6c(c3)c45)cc21. The summed E-state index contributed by atoms with van der Waals surface area (Å²) < 4.78 is 2.45. The lowest BCUT2D eigenvalue weighted by Crippen LogP contribution is -2.27. The van der Waals surface area contributed by atoms with Crippen molar-refractivity contribution in [1.29, 1.82) is 0 Å². The van der Waals surface area contributed by atoms with Gasteiger partial charge in [0.05, 0.1) is 33.6 Å². The van der Waals surface area contributed by atoms with E-state index >= 15 is 0 Å². The third-order valence-electron chi connectivity index (χ3n) is 9.53. The molecule has 2 aromatic heterocycles. The fourth-order valence-electron chi connectivity index (χ4n) is 7.50. The van der Waals surface area contributed by atoms with Crippen LogP contribution in [0.15, 0.2) is 152 Å². The van der Waals surface area contributed by atoms with Crippen molar-refractivity contribution in [2.45, 2.75) is 0 Å². The van der Waals surface area contributed by atoms with E-state index in [4.69, 9.17) is 0 Å². The number of benzene rings is 6. The standard InChI is InChI=1S/C42H26N2/c1-26-10-9-17-39-32-14-6-8-16-38(32)43(39)40-20-19-29(22-33(26)40)30-24-35-31-13-5-7-15-37(31)44-41-21-18-28(27-11-3-2-4-12-27)23-34(41)36(25-30)42(35)44/h2-25H,1H2/b10-9-,39-17-. The number of para-hydroxylation sites is 2. The first-order valence-corrected chi connectivity index (χ1v) is 15.1. The van der Waals surface area contributed by atoms with Gasteiger partial charge in [0.1, 0.15) is 0 Å². The fraction of sp³-hybridized carbons (Fsp3) is 0. The zero-order chi connectivity index (χ0) is 28.9. The van der Waals surface area contributed by atoms with Gasteiger partial charge in [0, 0.05) is 32.7 Å². The van der Waals surface area contributed by atoms with E-state index in [-0.39, 0.29) is 0 Å². The predicted molar refractivity (Wildman–Crippen MR) is 187 cm³/mol. The first-order chi connectivity index (χ1) is 21.7. The summed E-state index contributed by atoms with van der Waals surface area (Å²) in [6, 6.07) is 46.7. The molecule has 0 amide bonds. The van der Waals surface area contributed by atoms with Gasteiger partial charge < -0.3 is 9.30 Å². The van der Waals surface area contributed by atoms with Gasteiger partial charge in [0.2, 0.25) is 0 Å². The summed E-state index contributed by atoms with van der Waals surface area (Å²) in [5, 5.41) is 5.14. The summed E-state index contributed by atoms with van der Waals surface area (Å²) in [6.45, 7) is 4.48. The molecule has 6 aromatic carbocycles. The van der Waals surface area contributed by atoms with Crippen LogP contribution in [-0.4, -0.2) is 4.40 Å². The third kappa shape index (κ3) is 3.09. The number of hydrogen-bond acceptors (Lipinski definition) is 1. The van der Waals surface area contributed by atoms with Gasteiger partial charge in [0.15, 0.2) is 0 Å². The van der Waals surface area contributed by atoms with Crippen molar-refractivity contribution < 1.29 is 0 Å². The average Bonchev–Trinajstić information content (AvgIpc) is 3.58. The maximum absolute atomic E-state index is 4.48. The predicted octanol–water partition coefficient (Wildman–Crippen LogP) is 11.2. The maximum atomic E-state index is 4.48. The Balaban J connectivity index is 1.23. The van der Waals surface area contributed by atoms with Gasteiger partial charge in [-0.15, -0.1) is 0 Å². The van der Waals surface area contributed by atoms with E-state index < -0.39 is 0 Å². The van der Waals surface area contributed by atoms with Gasteiger partial charge >= 0.3 is 0 Å². The Morgan fingerprint density at radius 3 is 2.07 bits per heavy atom. The number of rotatable bonds is 2. The monoisotopic (exact) mass is 558 g/mol. The van der Waals surface area contributed by atoms with Crippen molar-refractivity contribution >= 4 is 60.7 Å². The summed E-state index contributed by atoms with van der Waals surface area (Å²) in [4.78, 5) is 2.36. The lowest BCUT2D eigenvalue weighted by atomic mass is 9.90. The maximum Gasteiger partial charge on any atom is 0.0620 e. The normalized spacial score (nSPS) is 15.9. The van der Waals surface area contributed by atoms with E-state index in [0.29, 0.717) is 0 Å². The van der Waals surface area contributed by atoms with Gasteiger partial charge in [-0.1, -0.05) is 97.6 Å². The van der Waals surface area contributed by atoms with Crippen LogP contribution in [0.5, 0.6) is 0 Å². The largest absolute Gasteiger partial charge is 0.309 e. The van der Waals surface area contributed by atoms with Crippen molar-refractivity contribution in [1.82, 2.24) is 4.40 Å². The van der Waals surface area contributed by atoms with Gasteiger partial charge in [-0.3, -0.25) is 0 Å². The highest BCUT2D eigenvalue weighted by Crippen LogP contribution is 2.51. The Morgan fingerprint density at radius 1 is 0.477 bits per heavy atom. The van der Waals surface area contributed by atoms with Crippen LogP contribution in [-0.2, 0) is 0 Å². The Bertz CT molecular complexity index is 2560. The molecule has 0 fully saturated rings. The molecule has 0 spiro atoms. The molecule has 0 N–H and O–H groups in total. The summed E-state index contributed by atoms with van der Waals surface area (Å²) in [7, 11) is 0. The van der Waals surface area contributed by atoms with Crippen LogP contribution in [0.2, 0.25) is 0 Å². The van der Waals surface area contributed by atoms with Gasteiger partial charge in [-0.25, -0.2) is 0 Å². The van der Waals surface area contributed by atoms with Crippen molar-refractivity contribution in [3.05, 3.63) is 163 Å². The summed E-state index contributed by atoms with van der Waals surface area (Å²) in [5.41, 5.74) is 15.8. The van der Waals surface area contributed by atoms with Gasteiger partial charge in [-0.05, 0) is 82.4 Å². The zero-order valence-electron chi connectivity index (χ0n) is 24.0. The Kier molecular flexibility index (Phi) is 4.62. The van der Waals surface area contributed by atoms with E-state index in [1.54, 1.807) is 0 Å². The molecule has 2 aliphatic rings. The van der Waals surface area contributed by atoms with Crippen LogP contribution in [0.3, 0.4) is 0 Å². The minimum atomic E-state index is 1.02. The van der Waals surface area contributed by atoms with Gasteiger partial charge in [-0.2, -0.15) is 0 Å². The molecule has 2 heteroatoms. The smallest absolute Gasteiger partial charge is 0.0620 e. The second kappa shape index (κ2) is 8.59. The first-order valence-electron chi connectivity index (χ1n) is 15.1. The minimum Gasteiger partial charge on any atom is -0.309 e. The lowest BCUT2D eigenvalue weighted by molar-refractivity contribution is 1.20. The summed E-state index contributed by atoms with van der Waals surface area (Å²) >= 11 is 0. The van der Waals surface area contributed by atoms with Crippen LogP contribution in [0.1, 0.15) is 11.1 Å². The molecule has 4 heterocycles. The molecule has 0 atom stereocenters. The average molecular weight is 559 g/mol. The highest BCUT2D eigenvalue weighted by Gasteiger charge is 2.32. The highest BCUT2D eigenvalue weighted by atomic mass is 15.2. The zero-order valence-corrected chi connectivity index (χ0v) is 24.0. The number of aromatic nitrogens is 1. The van der Waals surface area contributed by atoms with E-state index in [2.05, 4.69) is 162 Å². The first kappa shape index (κ1) is 23.7. The quantitative estimate of drug-likeness (QED) is 0.205. The van der Waals surface area contributed by atoms with Crippen LogP contribution in [0, 0.1) is 0 Å². The van der Waals surface area contributed by atoms with E-state index in [1.807, 2.05) is 0 Å². The molecule has 0 unspecified atom stereocenters. The van der Waals surface area contributed by atoms with Crippen molar-refractivity contribution in [2.75, 3.05) is 4.90 Å². The molecule has 0 aliphatic carbocycles. The minimum absolute atomic E-state index is 1.02. The van der Waals surface area contributed by atoms with E-state index in [0.717, 1.165) is 11.1 Å². The molecular formula is C42H26N2. The molecule has 8 aromatic rings. The molecular weight excluding hydrogens is 532 g/mol. The summed E-state index contributed by atoms with van der Waals surface area (Å²) in [6.07, 6.45) is 6.45. The molecule has 0 saturated heterocycles. The number of allylic oxidation sites excluding steroid dienone is 4. The van der Waals surface area contributed by atoms with Gasteiger partial charge in [0.25, 0.3) is 0 Å². The van der Waals surface area contributed by atoms with E-state index in [1.165, 1.54) is 83.0 Å². The lowest BCUT2D eigenvalue weighted by Gasteiger charge is -2.40. The second-order valence-corrected chi connectivity index (χ2v) is 11.9. The van der Waals surface area contributed by atoms with Crippen molar-refractivity contribution in [3.8, 4) is 22.3 Å². The number of nitrogens with zero attached hydrogens (tertiary/aromatic N) is 2. The molecule has 44 heavy (non-hydrogen) atoms. The Morgan fingerprint density at radius 2 is 1.16 bits per heavy atom. The molecule has 204 valence electrons. The van der Waals surface area contributed by atoms with Crippen molar-refractivity contribution in [3.63, 3.8) is 0 Å².